The average molecular weight is 517 g/mol. The van der Waals surface area contributed by atoms with Crippen molar-refractivity contribution in [3.63, 3.8) is 0 Å². The number of carbonyl (C=O) groups excluding carboxylic acids is 1. The van der Waals surface area contributed by atoms with Crippen molar-refractivity contribution >= 4 is 21.9 Å². The zero-order valence-corrected chi connectivity index (χ0v) is 22.4. The molecule has 36 heavy (non-hydrogen) atoms. The molecule has 1 N–H and O–H groups in total. The second-order valence-electron chi connectivity index (χ2n) is 10.5. The molecular weight excluding hydrogens is 480 g/mol. The molecule has 1 aliphatic heterocycles. The number of nitrogens with one attached hydrogen (secondary N) is 1. The fourth-order valence-electron chi connectivity index (χ4n) is 4.61. The number of carbonyl (C=O) groups is 1. The topological polar surface area (TPSA) is 111 Å². The highest BCUT2D eigenvalue weighted by atomic mass is 32.2. The van der Waals surface area contributed by atoms with Crippen molar-refractivity contribution in [2.75, 3.05) is 32.1 Å². The van der Waals surface area contributed by atoms with Crippen LogP contribution in [0.4, 0.5) is 10.7 Å². The molecule has 2 heterocycles. The molecule has 0 bridgehead atoms. The summed E-state index contributed by atoms with van der Waals surface area (Å²) in [6.07, 6.45) is 4.68. The molecule has 0 radical (unpaired) electrons. The highest BCUT2D eigenvalue weighted by molar-refractivity contribution is 7.91. The number of aryl methyl sites for hydroxylation is 1. The third kappa shape index (κ3) is 6.08. The molecule has 4 rings (SSSR count). The summed E-state index contributed by atoms with van der Waals surface area (Å²) in [5.74, 6) is 1.26. The van der Waals surface area contributed by atoms with E-state index in [4.69, 9.17) is 9.47 Å². The van der Waals surface area contributed by atoms with E-state index in [9.17, 15) is 13.2 Å². The Morgan fingerprint density at radius 1 is 1.08 bits per heavy atom. The van der Waals surface area contributed by atoms with Gasteiger partial charge in [-0.15, -0.1) is 0 Å². The van der Waals surface area contributed by atoms with Crippen LogP contribution in [-0.2, 0) is 27.4 Å². The lowest BCUT2D eigenvalue weighted by atomic mass is 9.97. The van der Waals surface area contributed by atoms with Gasteiger partial charge in [0.25, 0.3) is 0 Å². The van der Waals surface area contributed by atoms with Gasteiger partial charge >= 0.3 is 6.09 Å². The highest BCUT2D eigenvalue weighted by Crippen LogP contribution is 2.31. The maximum Gasteiger partial charge on any atom is 0.410 e. The summed E-state index contributed by atoms with van der Waals surface area (Å²) in [5.41, 5.74) is 1.03. The number of nitrogens with zero attached hydrogens (tertiary/aromatic N) is 3. The Kier molecular flexibility index (Phi) is 7.73. The van der Waals surface area contributed by atoms with E-state index >= 15 is 0 Å². The van der Waals surface area contributed by atoms with E-state index < -0.39 is 15.4 Å². The van der Waals surface area contributed by atoms with Gasteiger partial charge in [0.1, 0.15) is 11.4 Å². The molecule has 1 aromatic carbocycles. The monoisotopic (exact) mass is 516 g/mol. The van der Waals surface area contributed by atoms with Crippen molar-refractivity contribution in [3.8, 4) is 5.75 Å². The fraction of sp³-hybridized carbons (Fsp3) is 0.577. The van der Waals surface area contributed by atoms with Crippen LogP contribution in [0.25, 0.3) is 0 Å². The van der Waals surface area contributed by atoms with Gasteiger partial charge in [-0.2, -0.15) is 0 Å². The fourth-order valence-corrected chi connectivity index (χ4v) is 6.08. The summed E-state index contributed by atoms with van der Waals surface area (Å²) >= 11 is 0. The van der Waals surface area contributed by atoms with E-state index in [1.165, 1.54) is 0 Å². The molecule has 196 valence electrons. The number of fused-ring (bicyclic) bond motifs is 1. The minimum atomic E-state index is -3.81. The van der Waals surface area contributed by atoms with Crippen LogP contribution in [0.5, 0.6) is 5.75 Å². The zero-order chi connectivity index (χ0) is 25.9. The van der Waals surface area contributed by atoms with Crippen molar-refractivity contribution in [1.29, 1.82) is 0 Å². The summed E-state index contributed by atoms with van der Waals surface area (Å²) in [6.45, 7) is 7.46. The lowest BCUT2D eigenvalue weighted by Gasteiger charge is -2.33. The number of methoxy groups -OCH3 is 1. The lowest BCUT2D eigenvalue weighted by Crippen LogP contribution is -2.42. The van der Waals surface area contributed by atoms with E-state index in [1.807, 2.05) is 20.8 Å². The summed E-state index contributed by atoms with van der Waals surface area (Å²) in [7, 11) is -2.26. The van der Waals surface area contributed by atoms with Crippen LogP contribution in [0, 0.1) is 5.92 Å². The number of ether oxygens (including phenoxy) is 2. The van der Waals surface area contributed by atoms with Gasteiger partial charge in [-0.1, -0.05) is 0 Å². The predicted molar refractivity (Wildman–Crippen MR) is 136 cm³/mol. The van der Waals surface area contributed by atoms with Crippen molar-refractivity contribution in [1.82, 2.24) is 14.9 Å². The predicted octanol–water partition coefficient (Wildman–Crippen LogP) is 4.26. The molecule has 2 aliphatic rings. The largest absolute Gasteiger partial charge is 0.497 e. The van der Waals surface area contributed by atoms with Gasteiger partial charge < -0.3 is 19.7 Å². The molecule has 0 saturated carbocycles. The van der Waals surface area contributed by atoms with Crippen molar-refractivity contribution in [2.24, 2.45) is 5.92 Å². The number of benzene rings is 1. The van der Waals surface area contributed by atoms with Gasteiger partial charge in [-0.05, 0) is 89.5 Å². The second-order valence-corrected chi connectivity index (χ2v) is 12.3. The van der Waals surface area contributed by atoms with E-state index in [0.717, 1.165) is 43.4 Å². The van der Waals surface area contributed by atoms with Crippen LogP contribution >= 0.6 is 0 Å². The summed E-state index contributed by atoms with van der Waals surface area (Å²) in [5, 5.41) is 3.38. The molecule has 2 aromatic rings. The van der Waals surface area contributed by atoms with Gasteiger partial charge in [-0.25, -0.2) is 23.2 Å². The Morgan fingerprint density at radius 2 is 1.75 bits per heavy atom. The first-order chi connectivity index (χ1) is 17.1. The Morgan fingerprint density at radius 3 is 2.39 bits per heavy atom. The molecule has 1 saturated heterocycles. The van der Waals surface area contributed by atoms with E-state index in [-0.39, 0.29) is 16.0 Å². The minimum Gasteiger partial charge on any atom is -0.497 e. The van der Waals surface area contributed by atoms with Crippen LogP contribution in [-0.4, -0.2) is 61.7 Å². The first kappa shape index (κ1) is 26.2. The normalized spacial score (nSPS) is 16.8. The quantitative estimate of drug-likeness (QED) is 0.567. The van der Waals surface area contributed by atoms with Gasteiger partial charge in [0.05, 0.1) is 17.7 Å². The number of anilines is 1. The molecule has 0 spiro atoms. The molecule has 9 nitrogen and oxygen atoms in total. The minimum absolute atomic E-state index is 0.0969. The molecule has 0 unspecified atom stereocenters. The number of aromatic nitrogens is 2. The number of hydrogen-bond donors (Lipinski definition) is 1. The number of amides is 1. The number of piperidine rings is 1. The SMILES string of the molecule is COc1ccc(S(=O)(=O)c2nc(NCC3CCN(C(=O)OC(C)(C)C)CC3)nc3c2CCCC3)cc1. The highest BCUT2D eigenvalue weighted by Gasteiger charge is 2.30. The van der Waals surface area contributed by atoms with Crippen LogP contribution in [0.15, 0.2) is 34.2 Å². The van der Waals surface area contributed by atoms with Crippen molar-refractivity contribution in [3.05, 3.63) is 35.5 Å². The third-order valence-corrected chi connectivity index (χ3v) is 8.32. The van der Waals surface area contributed by atoms with Gasteiger partial charge in [0.2, 0.25) is 15.8 Å². The summed E-state index contributed by atoms with van der Waals surface area (Å²) in [6, 6.07) is 6.39. The van der Waals surface area contributed by atoms with Crippen LogP contribution in [0.1, 0.15) is 57.7 Å². The maximum atomic E-state index is 13.6. The first-order valence-electron chi connectivity index (χ1n) is 12.6. The number of sulfone groups is 1. The molecule has 1 aromatic heterocycles. The zero-order valence-electron chi connectivity index (χ0n) is 21.5. The second kappa shape index (κ2) is 10.6. The lowest BCUT2D eigenvalue weighted by molar-refractivity contribution is 0.0188. The smallest absolute Gasteiger partial charge is 0.410 e. The van der Waals surface area contributed by atoms with Crippen molar-refractivity contribution < 1.29 is 22.7 Å². The summed E-state index contributed by atoms with van der Waals surface area (Å²) in [4.78, 5) is 23.5. The standard InChI is InChI=1S/C26H36N4O5S/c1-26(2,3)35-25(31)30-15-13-18(14-16-30)17-27-24-28-22-8-6-5-7-21(22)23(29-24)36(32,33)20-11-9-19(34-4)10-12-20/h9-12,18H,5-8,13-17H2,1-4H3,(H,27,28,29). The van der Waals surface area contributed by atoms with Gasteiger partial charge in [-0.3, -0.25) is 0 Å². The van der Waals surface area contributed by atoms with Gasteiger partial charge in [0, 0.05) is 25.2 Å². The molecular formula is C26H36N4O5S. The molecule has 1 fully saturated rings. The van der Waals surface area contributed by atoms with Crippen LogP contribution < -0.4 is 10.1 Å². The number of likely N-dealkylation sites (tertiary alicyclic amines) is 1. The van der Waals surface area contributed by atoms with Crippen LogP contribution in [0.2, 0.25) is 0 Å². The van der Waals surface area contributed by atoms with E-state index in [1.54, 1.807) is 36.3 Å². The molecule has 10 heteroatoms. The third-order valence-electron chi connectivity index (χ3n) is 6.58. The molecule has 0 atom stereocenters. The Balaban J connectivity index is 1.47. The summed E-state index contributed by atoms with van der Waals surface area (Å²) < 4.78 is 37.8. The molecule has 1 aliphatic carbocycles. The first-order valence-corrected chi connectivity index (χ1v) is 14.1. The van der Waals surface area contributed by atoms with E-state index in [2.05, 4.69) is 15.3 Å². The Bertz CT molecular complexity index is 1180. The number of rotatable bonds is 6. The van der Waals surface area contributed by atoms with Gasteiger partial charge in [0.15, 0.2) is 5.03 Å². The number of hydrogen-bond acceptors (Lipinski definition) is 8. The van der Waals surface area contributed by atoms with Crippen molar-refractivity contribution in [2.45, 2.75) is 74.8 Å². The van der Waals surface area contributed by atoms with Crippen LogP contribution in [0.3, 0.4) is 0 Å². The molecule has 1 amide bonds. The maximum absolute atomic E-state index is 13.6. The average Bonchev–Trinajstić information content (AvgIpc) is 2.86. The Labute approximate surface area is 213 Å². The van der Waals surface area contributed by atoms with E-state index in [0.29, 0.717) is 43.7 Å². The Hall–Kier alpha value is -2.88.